The zero-order valence-corrected chi connectivity index (χ0v) is 12.1. The SMILES string of the molecule is CC1CN(C(=O)/C(C#N)=C/c2cccc(O)c2)CC(C)O1. The molecule has 0 radical (unpaired) electrons. The van der Waals surface area contributed by atoms with Crippen molar-refractivity contribution < 1.29 is 14.6 Å². The van der Waals surface area contributed by atoms with Crippen LogP contribution in [0.2, 0.25) is 0 Å². The van der Waals surface area contributed by atoms with Gasteiger partial charge < -0.3 is 14.7 Å². The molecule has 1 saturated heterocycles. The summed E-state index contributed by atoms with van der Waals surface area (Å²) in [6.45, 7) is 4.76. The molecule has 2 atom stereocenters. The minimum Gasteiger partial charge on any atom is -0.508 e. The minimum absolute atomic E-state index is 0.0431. The van der Waals surface area contributed by atoms with Crippen molar-refractivity contribution in [3.63, 3.8) is 0 Å². The van der Waals surface area contributed by atoms with Gasteiger partial charge in [-0.3, -0.25) is 4.79 Å². The summed E-state index contributed by atoms with van der Waals surface area (Å²) in [7, 11) is 0. The van der Waals surface area contributed by atoms with E-state index in [9.17, 15) is 15.2 Å². The molecule has 1 heterocycles. The number of hydrogen-bond donors (Lipinski definition) is 1. The Morgan fingerprint density at radius 2 is 2.10 bits per heavy atom. The van der Waals surface area contributed by atoms with Gasteiger partial charge in [-0.2, -0.15) is 5.26 Å². The first-order valence-corrected chi connectivity index (χ1v) is 6.85. The van der Waals surface area contributed by atoms with Crippen LogP contribution >= 0.6 is 0 Å². The summed E-state index contributed by atoms with van der Waals surface area (Å²) in [5, 5.41) is 18.7. The molecule has 1 aliphatic rings. The molecule has 0 aromatic heterocycles. The second kappa shape index (κ2) is 6.42. The molecule has 1 aliphatic heterocycles. The van der Waals surface area contributed by atoms with Crippen LogP contribution in [0.3, 0.4) is 0 Å². The van der Waals surface area contributed by atoms with Crippen LogP contribution in [0.5, 0.6) is 5.75 Å². The summed E-state index contributed by atoms with van der Waals surface area (Å²) >= 11 is 0. The van der Waals surface area contributed by atoms with Gasteiger partial charge in [0.15, 0.2) is 0 Å². The van der Waals surface area contributed by atoms with Gasteiger partial charge in [0, 0.05) is 13.1 Å². The second-order valence-electron chi connectivity index (χ2n) is 5.23. The Morgan fingerprint density at radius 3 is 2.67 bits per heavy atom. The maximum absolute atomic E-state index is 12.4. The van der Waals surface area contributed by atoms with Crippen LogP contribution in [0.1, 0.15) is 19.4 Å². The molecule has 21 heavy (non-hydrogen) atoms. The molecule has 0 spiro atoms. The van der Waals surface area contributed by atoms with E-state index in [1.54, 1.807) is 17.0 Å². The van der Waals surface area contributed by atoms with Crippen LogP contribution in [0, 0.1) is 11.3 Å². The zero-order chi connectivity index (χ0) is 15.4. The summed E-state index contributed by atoms with van der Waals surface area (Å²) < 4.78 is 5.58. The van der Waals surface area contributed by atoms with E-state index in [1.807, 2.05) is 19.9 Å². The molecule has 1 aromatic carbocycles. The molecule has 0 saturated carbocycles. The number of benzene rings is 1. The number of morpholine rings is 1. The Hall–Kier alpha value is -2.32. The number of hydrogen-bond acceptors (Lipinski definition) is 4. The quantitative estimate of drug-likeness (QED) is 0.666. The largest absolute Gasteiger partial charge is 0.508 e. The predicted molar refractivity (Wildman–Crippen MR) is 78.3 cm³/mol. The highest BCUT2D eigenvalue weighted by Crippen LogP contribution is 2.17. The van der Waals surface area contributed by atoms with E-state index in [-0.39, 0.29) is 29.4 Å². The van der Waals surface area contributed by atoms with E-state index in [0.29, 0.717) is 18.7 Å². The number of carbonyl (C=O) groups is 1. The highest BCUT2D eigenvalue weighted by atomic mass is 16.5. The Kier molecular flexibility index (Phi) is 4.61. The van der Waals surface area contributed by atoms with Gasteiger partial charge in [-0.05, 0) is 37.6 Å². The highest BCUT2D eigenvalue weighted by molar-refractivity contribution is 6.01. The lowest BCUT2D eigenvalue weighted by atomic mass is 10.1. The summed E-state index contributed by atoms with van der Waals surface area (Å²) in [5.74, 6) is -0.204. The topological polar surface area (TPSA) is 73.6 Å². The highest BCUT2D eigenvalue weighted by Gasteiger charge is 2.27. The lowest BCUT2D eigenvalue weighted by molar-refractivity contribution is -0.138. The molecule has 2 unspecified atom stereocenters. The molecule has 5 heteroatoms. The van der Waals surface area contributed by atoms with Crippen molar-refractivity contribution in [1.29, 1.82) is 5.26 Å². The molecule has 1 N–H and O–H groups in total. The number of amides is 1. The van der Waals surface area contributed by atoms with E-state index in [0.717, 1.165) is 0 Å². The molecule has 5 nitrogen and oxygen atoms in total. The normalized spacial score (nSPS) is 22.7. The lowest BCUT2D eigenvalue weighted by Gasteiger charge is -2.35. The van der Waals surface area contributed by atoms with E-state index >= 15 is 0 Å². The standard InChI is InChI=1S/C16H18N2O3/c1-11-9-18(10-12(2)21-11)16(20)14(8-17)6-13-4-3-5-15(19)7-13/h3-7,11-12,19H,9-10H2,1-2H3/b14-6+. The number of nitriles is 1. The first kappa shape index (κ1) is 15.1. The minimum atomic E-state index is -0.303. The fourth-order valence-electron chi connectivity index (χ4n) is 2.44. The molecule has 2 rings (SSSR count). The Morgan fingerprint density at radius 1 is 1.43 bits per heavy atom. The maximum atomic E-state index is 12.4. The van der Waals surface area contributed by atoms with Gasteiger partial charge in [0.25, 0.3) is 5.91 Å². The number of carbonyl (C=O) groups excluding carboxylic acids is 1. The fraction of sp³-hybridized carbons (Fsp3) is 0.375. The summed E-state index contributed by atoms with van der Waals surface area (Å²) in [4.78, 5) is 14.1. The predicted octanol–water partition coefficient (Wildman–Crippen LogP) is 1.93. The Bertz CT molecular complexity index is 594. The molecule has 1 fully saturated rings. The van der Waals surface area contributed by atoms with E-state index in [1.165, 1.54) is 18.2 Å². The van der Waals surface area contributed by atoms with Gasteiger partial charge in [-0.25, -0.2) is 0 Å². The van der Waals surface area contributed by atoms with Crippen molar-refractivity contribution in [3.05, 3.63) is 35.4 Å². The summed E-state index contributed by atoms with van der Waals surface area (Å²) in [6, 6.07) is 8.39. The van der Waals surface area contributed by atoms with Crippen LogP contribution in [-0.2, 0) is 9.53 Å². The summed E-state index contributed by atoms with van der Waals surface area (Å²) in [6.07, 6.45) is 1.41. The maximum Gasteiger partial charge on any atom is 0.264 e. The fourth-order valence-corrected chi connectivity index (χ4v) is 2.44. The van der Waals surface area contributed by atoms with Crippen molar-refractivity contribution in [1.82, 2.24) is 4.90 Å². The Labute approximate surface area is 124 Å². The number of aromatic hydroxyl groups is 1. The number of phenolic OH excluding ortho intramolecular Hbond substituents is 1. The van der Waals surface area contributed by atoms with Crippen LogP contribution in [0.4, 0.5) is 0 Å². The third-order valence-corrected chi connectivity index (χ3v) is 3.24. The first-order chi connectivity index (χ1) is 9.99. The van der Waals surface area contributed by atoms with Crippen LogP contribution in [0.15, 0.2) is 29.8 Å². The van der Waals surface area contributed by atoms with Crippen molar-refractivity contribution >= 4 is 12.0 Å². The van der Waals surface area contributed by atoms with Crippen molar-refractivity contribution in [2.75, 3.05) is 13.1 Å². The summed E-state index contributed by atoms with van der Waals surface area (Å²) in [5.41, 5.74) is 0.677. The van der Waals surface area contributed by atoms with Crippen LogP contribution in [-0.4, -0.2) is 41.2 Å². The van der Waals surface area contributed by atoms with Gasteiger partial charge in [0.1, 0.15) is 17.4 Å². The number of phenols is 1. The molecule has 0 bridgehead atoms. The van der Waals surface area contributed by atoms with Crippen LogP contribution in [0.25, 0.3) is 6.08 Å². The number of rotatable bonds is 2. The van der Waals surface area contributed by atoms with Gasteiger partial charge >= 0.3 is 0 Å². The molecular formula is C16H18N2O3. The van der Waals surface area contributed by atoms with Gasteiger partial charge in [0.05, 0.1) is 12.2 Å². The average molecular weight is 286 g/mol. The van der Waals surface area contributed by atoms with E-state index in [4.69, 9.17) is 4.74 Å². The monoisotopic (exact) mass is 286 g/mol. The molecule has 0 aliphatic carbocycles. The first-order valence-electron chi connectivity index (χ1n) is 6.85. The molecule has 1 aromatic rings. The zero-order valence-electron chi connectivity index (χ0n) is 12.1. The molecular weight excluding hydrogens is 268 g/mol. The molecule has 110 valence electrons. The van der Waals surface area contributed by atoms with Crippen molar-refractivity contribution in [3.8, 4) is 11.8 Å². The smallest absolute Gasteiger partial charge is 0.264 e. The van der Waals surface area contributed by atoms with Crippen LogP contribution < -0.4 is 0 Å². The van der Waals surface area contributed by atoms with Gasteiger partial charge in [-0.1, -0.05) is 12.1 Å². The van der Waals surface area contributed by atoms with Gasteiger partial charge in [-0.15, -0.1) is 0 Å². The van der Waals surface area contributed by atoms with E-state index < -0.39 is 0 Å². The second-order valence-corrected chi connectivity index (χ2v) is 5.23. The third-order valence-electron chi connectivity index (χ3n) is 3.24. The number of ether oxygens (including phenoxy) is 1. The molecule has 1 amide bonds. The van der Waals surface area contributed by atoms with Crippen molar-refractivity contribution in [2.24, 2.45) is 0 Å². The lowest BCUT2D eigenvalue weighted by Crippen LogP contribution is -2.48. The van der Waals surface area contributed by atoms with Gasteiger partial charge in [0.2, 0.25) is 0 Å². The van der Waals surface area contributed by atoms with E-state index in [2.05, 4.69) is 0 Å². The third kappa shape index (κ3) is 3.83. The average Bonchev–Trinajstić information content (AvgIpc) is 2.43. The number of nitrogens with zero attached hydrogens (tertiary/aromatic N) is 2. The van der Waals surface area contributed by atoms with Crippen molar-refractivity contribution in [2.45, 2.75) is 26.1 Å². The Balaban J connectivity index is 2.21.